The summed E-state index contributed by atoms with van der Waals surface area (Å²) < 4.78 is 34.1. The molecule has 0 amide bonds. The summed E-state index contributed by atoms with van der Waals surface area (Å²) in [6, 6.07) is 0. The largest absolute Gasteiger partial charge is 0.352 e. The summed E-state index contributed by atoms with van der Waals surface area (Å²) in [7, 11) is 4.46. The Morgan fingerprint density at radius 3 is 1.11 bits per heavy atom. The molecule has 5 aliphatic rings. The fourth-order valence-electron chi connectivity index (χ4n) is 7.77. The van der Waals surface area contributed by atoms with Crippen molar-refractivity contribution in [3.05, 3.63) is 0 Å². The molecule has 5 heterocycles. The van der Waals surface area contributed by atoms with Gasteiger partial charge >= 0.3 is 0 Å². The summed E-state index contributed by atoms with van der Waals surface area (Å²) in [5.41, 5.74) is 1.02. The highest BCUT2D eigenvalue weighted by atomic mass is 16.7. The Morgan fingerprint density at radius 2 is 0.783 bits per heavy atom. The molecule has 0 aliphatic carbocycles. The molecule has 0 atom stereocenters. The number of hydrogen-bond donors (Lipinski definition) is 0. The molecule has 0 N–H and O–H groups in total. The van der Waals surface area contributed by atoms with Crippen molar-refractivity contribution in [2.75, 3.05) is 53.7 Å². The van der Waals surface area contributed by atoms with Crippen molar-refractivity contribution in [3.63, 3.8) is 0 Å². The highest BCUT2D eigenvalue weighted by molar-refractivity contribution is 5.04. The van der Waals surface area contributed by atoms with Crippen LogP contribution in [0.25, 0.3) is 0 Å². The molecule has 0 aromatic rings. The van der Waals surface area contributed by atoms with E-state index in [1.165, 1.54) is 12.8 Å². The highest BCUT2D eigenvalue weighted by Gasteiger charge is 2.54. The third-order valence-corrected chi connectivity index (χ3v) is 10.7. The summed E-state index contributed by atoms with van der Waals surface area (Å²) in [6.07, 6.45) is 4.35. The summed E-state index contributed by atoms with van der Waals surface area (Å²) in [5, 5.41) is 0. The molecule has 5 saturated heterocycles. The molecule has 278 valence electrons. The van der Waals surface area contributed by atoms with Crippen molar-refractivity contribution in [1.29, 1.82) is 0 Å². The zero-order valence-electron chi connectivity index (χ0n) is 30.6. The van der Waals surface area contributed by atoms with Crippen molar-refractivity contribution in [2.24, 2.45) is 16.7 Å². The van der Waals surface area contributed by atoms with E-state index in [2.05, 4.69) is 100 Å². The van der Waals surface area contributed by atoms with Gasteiger partial charge in [0, 0.05) is 40.4 Å². The van der Waals surface area contributed by atoms with Gasteiger partial charge in [0.2, 0.25) is 0 Å². The average molecular weight is 661 g/mol. The molecule has 5 aliphatic heterocycles. The van der Waals surface area contributed by atoms with E-state index in [4.69, 9.17) is 28.4 Å². The predicted octanol–water partition coefficient (Wildman–Crippen LogP) is 8.61. The summed E-state index contributed by atoms with van der Waals surface area (Å²) in [4.78, 5) is 4.98. The molecular formula is C38H80N2O6. The van der Waals surface area contributed by atoms with E-state index >= 15 is 0 Å². The quantitative estimate of drug-likeness (QED) is 0.256. The Bertz CT molecular complexity index is 829. The first-order chi connectivity index (χ1) is 19.4. The van der Waals surface area contributed by atoms with Gasteiger partial charge in [0.15, 0.2) is 18.4 Å². The molecule has 2 spiro atoms. The van der Waals surface area contributed by atoms with Crippen LogP contribution < -0.4 is 0 Å². The SMILES string of the molecule is C.C.C.CC1CC(C)(C)N(C)C(C)(C)C1.CC1OCC2(CO1)COC(C)OC2.CN1C(C)(C)CC2(CC1(C)C)OCC(C)(C)CO2. The second-order valence-electron chi connectivity index (χ2n) is 17.8. The second kappa shape index (κ2) is 16.1. The van der Waals surface area contributed by atoms with E-state index < -0.39 is 0 Å². The Hall–Kier alpha value is -0.320. The van der Waals surface area contributed by atoms with Crippen molar-refractivity contribution < 1.29 is 28.4 Å². The lowest BCUT2D eigenvalue weighted by molar-refractivity contribution is -0.337. The summed E-state index contributed by atoms with van der Waals surface area (Å²) >= 11 is 0. The molecule has 0 radical (unpaired) electrons. The predicted molar refractivity (Wildman–Crippen MR) is 193 cm³/mol. The lowest BCUT2D eigenvalue weighted by Crippen LogP contribution is -2.66. The van der Waals surface area contributed by atoms with Gasteiger partial charge < -0.3 is 28.4 Å². The first-order valence-electron chi connectivity index (χ1n) is 16.7. The molecule has 5 rings (SSSR count). The molecule has 0 aromatic heterocycles. The van der Waals surface area contributed by atoms with Gasteiger partial charge in [-0.15, -0.1) is 0 Å². The van der Waals surface area contributed by atoms with Crippen LogP contribution in [0.5, 0.6) is 0 Å². The van der Waals surface area contributed by atoms with Crippen molar-refractivity contribution in [2.45, 2.75) is 178 Å². The van der Waals surface area contributed by atoms with E-state index in [-0.39, 0.29) is 62.6 Å². The normalized spacial score (nSPS) is 34.2. The maximum absolute atomic E-state index is 6.19. The van der Waals surface area contributed by atoms with E-state index in [1.54, 1.807) is 0 Å². The zero-order chi connectivity index (χ0) is 32.7. The topological polar surface area (TPSA) is 61.9 Å². The van der Waals surface area contributed by atoms with E-state index in [0.29, 0.717) is 37.5 Å². The Labute approximate surface area is 286 Å². The molecule has 8 heteroatoms. The van der Waals surface area contributed by atoms with E-state index in [1.807, 2.05) is 13.8 Å². The standard InChI is InChI=1S/C15H29NO2.C11H23N.C9H16O4.3CH4/c1-12(2)10-17-15(18-11-12)8-13(3,4)16(7)14(5,6)9-15;1-9-7-10(2,3)12(6)11(4,5)8-9;1-7-10-3-9(4-11-7)5-12-8(2)13-6-9;;;/h8-11H2,1-7H3;9H,7-8H2,1-6H3;7-8H,3-6H2,1-2H3;3*1H4. The van der Waals surface area contributed by atoms with Gasteiger partial charge in [0.1, 0.15) is 0 Å². The van der Waals surface area contributed by atoms with Crippen molar-refractivity contribution in [1.82, 2.24) is 9.80 Å². The minimum atomic E-state index is -0.380. The van der Waals surface area contributed by atoms with E-state index in [9.17, 15) is 0 Å². The van der Waals surface area contributed by atoms with Gasteiger partial charge in [-0.25, -0.2) is 0 Å². The summed E-state index contributed by atoms with van der Waals surface area (Å²) in [6.45, 7) is 33.4. The molecule has 46 heavy (non-hydrogen) atoms. The van der Waals surface area contributed by atoms with Crippen LogP contribution in [0.1, 0.15) is 138 Å². The van der Waals surface area contributed by atoms with Gasteiger partial charge in [-0.05, 0) is 102 Å². The molecule has 0 unspecified atom stereocenters. The summed E-state index contributed by atoms with van der Waals surface area (Å²) in [5.74, 6) is 0.487. The van der Waals surface area contributed by atoms with Crippen LogP contribution in [0.15, 0.2) is 0 Å². The van der Waals surface area contributed by atoms with Gasteiger partial charge in [0.05, 0.1) is 45.1 Å². The Morgan fingerprint density at radius 1 is 0.478 bits per heavy atom. The first-order valence-corrected chi connectivity index (χ1v) is 16.7. The maximum Gasteiger partial charge on any atom is 0.171 e. The van der Waals surface area contributed by atoms with Crippen LogP contribution in [0.2, 0.25) is 0 Å². The Kier molecular flexibility index (Phi) is 16.0. The second-order valence-corrected chi connectivity index (χ2v) is 17.8. The van der Waals surface area contributed by atoms with Crippen LogP contribution >= 0.6 is 0 Å². The molecule has 8 nitrogen and oxygen atoms in total. The van der Waals surface area contributed by atoms with Crippen LogP contribution in [0, 0.1) is 16.7 Å². The van der Waals surface area contributed by atoms with Gasteiger partial charge in [-0.1, -0.05) is 43.1 Å². The van der Waals surface area contributed by atoms with Gasteiger partial charge in [0.25, 0.3) is 0 Å². The zero-order valence-corrected chi connectivity index (χ0v) is 30.6. The smallest absolute Gasteiger partial charge is 0.171 e. The molecule has 0 aromatic carbocycles. The van der Waals surface area contributed by atoms with Crippen LogP contribution in [0.3, 0.4) is 0 Å². The number of likely N-dealkylation sites (tertiary alicyclic amines) is 2. The van der Waals surface area contributed by atoms with Crippen LogP contribution in [0.4, 0.5) is 0 Å². The first kappa shape index (κ1) is 45.7. The number of nitrogens with zero attached hydrogens (tertiary/aromatic N) is 2. The van der Waals surface area contributed by atoms with Crippen LogP contribution in [-0.4, -0.2) is 104 Å². The number of hydrogen-bond acceptors (Lipinski definition) is 8. The average Bonchev–Trinajstić information content (AvgIpc) is 2.87. The van der Waals surface area contributed by atoms with Gasteiger partial charge in [-0.2, -0.15) is 0 Å². The van der Waals surface area contributed by atoms with Crippen molar-refractivity contribution in [3.8, 4) is 0 Å². The number of piperidine rings is 2. The van der Waals surface area contributed by atoms with Gasteiger partial charge in [-0.3, -0.25) is 9.80 Å². The van der Waals surface area contributed by atoms with E-state index in [0.717, 1.165) is 32.0 Å². The minimum Gasteiger partial charge on any atom is -0.352 e. The number of ether oxygens (including phenoxy) is 6. The maximum atomic E-state index is 6.19. The fourth-order valence-corrected chi connectivity index (χ4v) is 7.77. The third kappa shape index (κ3) is 11.4. The lowest BCUT2D eigenvalue weighted by Gasteiger charge is -2.59. The third-order valence-electron chi connectivity index (χ3n) is 10.7. The molecular weight excluding hydrogens is 580 g/mol. The monoisotopic (exact) mass is 661 g/mol. The fraction of sp³-hybridized carbons (Fsp3) is 1.00. The number of rotatable bonds is 0. The molecule has 0 bridgehead atoms. The Balaban J connectivity index is 0.000000655. The van der Waals surface area contributed by atoms with Crippen molar-refractivity contribution >= 4 is 0 Å². The minimum absolute atomic E-state index is 0. The molecule has 0 saturated carbocycles. The highest BCUT2D eigenvalue weighted by Crippen LogP contribution is 2.47. The lowest BCUT2D eigenvalue weighted by atomic mass is 9.75. The van der Waals surface area contributed by atoms with Crippen LogP contribution in [-0.2, 0) is 28.4 Å². The molecule has 5 fully saturated rings.